The lowest BCUT2D eigenvalue weighted by molar-refractivity contribution is -0.121. The third-order valence-corrected chi connectivity index (χ3v) is 9.56. The highest BCUT2D eigenvalue weighted by atomic mass is 28.4. The predicted molar refractivity (Wildman–Crippen MR) is 104 cm³/mol. The second-order valence-electron chi connectivity index (χ2n) is 8.22. The first-order valence-corrected chi connectivity index (χ1v) is 11.8. The summed E-state index contributed by atoms with van der Waals surface area (Å²) in [6.07, 6.45) is 3.72. The van der Waals surface area contributed by atoms with Crippen LogP contribution in [0.3, 0.4) is 0 Å². The summed E-state index contributed by atoms with van der Waals surface area (Å²) in [5.41, 5.74) is 1.12. The third kappa shape index (κ3) is 5.27. The van der Waals surface area contributed by atoms with Crippen molar-refractivity contribution in [3.63, 3.8) is 0 Å². The molecule has 0 spiro atoms. The summed E-state index contributed by atoms with van der Waals surface area (Å²) in [6.45, 7) is 13.2. The van der Waals surface area contributed by atoms with Gasteiger partial charge in [-0.15, -0.1) is 0 Å². The van der Waals surface area contributed by atoms with Gasteiger partial charge in [0.15, 0.2) is 8.32 Å². The summed E-state index contributed by atoms with van der Waals surface area (Å²) in [4.78, 5) is 11.7. The van der Waals surface area contributed by atoms with Crippen molar-refractivity contribution < 1.29 is 14.0 Å². The molecule has 1 aliphatic carbocycles. The molecule has 25 heavy (non-hydrogen) atoms. The van der Waals surface area contributed by atoms with Gasteiger partial charge >= 0.3 is 0 Å². The molecule has 5 heteroatoms. The first-order chi connectivity index (χ1) is 11.6. The number of rotatable bonds is 6. The molecule has 1 aromatic rings. The average Bonchev–Trinajstić information content (AvgIpc) is 2.86. The van der Waals surface area contributed by atoms with Gasteiger partial charge in [-0.05, 0) is 23.7 Å². The van der Waals surface area contributed by atoms with Crippen LogP contribution in [0.15, 0.2) is 42.5 Å². The maximum absolute atomic E-state index is 11.7. The Bertz CT molecular complexity index is 607. The van der Waals surface area contributed by atoms with Crippen LogP contribution in [-0.4, -0.2) is 32.5 Å². The van der Waals surface area contributed by atoms with Crippen LogP contribution < -0.4 is 5.32 Å². The van der Waals surface area contributed by atoms with Crippen LogP contribution in [-0.2, 0) is 20.6 Å². The van der Waals surface area contributed by atoms with Crippen LogP contribution in [0.1, 0.15) is 33.3 Å². The van der Waals surface area contributed by atoms with E-state index >= 15 is 0 Å². The molecule has 0 unspecified atom stereocenters. The Labute approximate surface area is 152 Å². The van der Waals surface area contributed by atoms with E-state index in [1.807, 2.05) is 42.5 Å². The van der Waals surface area contributed by atoms with Gasteiger partial charge in [-0.2, -0.15) is 0 Å². The molecule has 3 atom stereocenters. The van der Waals surface area contributed by atoms with E-state index in [1.54, 1.807) is 0 Å². The quantitative estimate of drug-likeness (QED) is 0.614. The van der Waals surface area contributed by atoms with E-state index in [2.05, 4.69) is 39.2 Å². The van der Waals surface area contributed by atoms with E-state index < -0.39 is 8.32 Å². The SMILES string of the molecule is CC(=O)N[C@@H]1[C@@H](O[Si](C)(C)C(C)(C)C)C=C[C@H]1OCc1ccccc1. The molecule has 2 rings (SSSR count). The monoisotopic (exact) mass is 361 g/mol. The van der Waals surface area contributed by atoms with Crippen LogP contribution in [0.25, 0.3) is 0 Å². The smallest absolute Gasteiger partial charge is 0.217 e. The highest BCUT2D eigenvalue weighted by Crippen LogP contribution is 2.38. The zero-order valence-corrected chi connectivity index (χ0v) is 17.2. The van der Waals surface area contributed by atoms with E-state index in [-0.39, 0.29) is 29.2 Å². The molecule has 0 saturated carbocycles. The van der Waals surface area contributed by atoms with Gasteiger partial charge in [0.2, 0.25) is 5.91 Å². The minimum Gasteiger partial charge on any atom is -0.408 e. The Morgan fingerprint density at radius 3 is 2.28 bits per heavy atom. The zero-order valence-electron chi connectivity index (χ0n) is 16.2. The van der Waals surface area contributed by atoms with E-state index in [9.17, 15) is 4.79 Å². The van der Waals surface area contributed by atoms with E-state index in [4.69, 9.17) is 9.16 Å². The van der Waals surface area contributed by atoms with Gasteiger partial charge in [0, 0.05) is 6.92 Å². The third-order valence-electron chi connectivity index (χ3n) is 5.09. The molecule has 0 aliphatic heterocycles. The molecule has 1 N–H and O–H groups in total. The second-order valence-corrected chi connectivity index (χ2v) is 13.0. The molecule has 0 radical (unpaired) electrons. The molecular weight excluding hydrogens is 330 g/mol. The number of carbonyl (C=O) groups excluding carboxylic acids is 1. The standard InChI is InChI=1S/C20H31NO3Si/c1-15(22)21-19-17(23-14-16-10-8-7-9-11-16)12-13-18(19)24-25(5,6)20(2,3)4/h7-13,17-19H,14H2,1-6H3,(H,21,22)/t17-,18+,19+/m1/s1. The second kappa shape index (κ2) is 7.85. The molecule has 1 aromatic carbocycles. The molecule has 1 aliphatic rings. The van der Waals surface area contributed by atoms with Crippen molar-refractivity contribution in [3.05, 3.63) is 48.0 Å². The molecule has 0 fully saturated rings. The number of amides is 1. The Morgan fingerprint density at radius 1 is 1.12 bits per heavy atom. The van der Waals surface area contributed by atoms with Crippen LogP contribution in [0.2, 0.25) is 18.1 Å². The van der Waals surface area contributed by atoms with Crippen LogP contribution >= 0.6 is 0 Å². The van der Waals surface area contributed by atoms with Crippen molar-refractivity contribution in [2.45, 2.75) is 70.7 Å². The van der Waals surface area contributed by atoms with E-state index in [0.717, 1.165) is 5.56 Å². The molecule has 4 nitrogen and oxygen atoms in total. The molecule has 0 aromatic heterocycles. The predicted octanol–water partition coefficient (Wildman–Crippen LogP) is 4.04. The number of nitrogens with one attached hydrogen (secondary N) is 1. The first-order valence-electron chi connectivity index (χ1n) is 8.89. The fourth-order valence-electron chi connectivity index (χ4n) is 2.60. The van der Waals surface area contributed by atoms with Crippen LogP contribution in [0, 0.1) is 0 Å². The van der Waals surface area contributed by atoms with E-state index in [1.165, 1.54) is 6.92 Å². The summed E-state index contributed by atoms with van der Waals surface area (Å²) in [6, 6.07) is 9.87. The lowest BCUT2D eigenvalue weighted by Crippen LogP contribution is -2.53. The van der Waals surface area contributed by atoms with Gasteiger partial charge in [-0.3, -0.25) is 4.79 Å². The van der Waals surface area contributed by atoms with E-state index in [0.29, 0.717) is 6.61 Å². The number of hydrogen-bond donors (Lipinski definition) is 1. The lowest BCUT2D eigenvalue weighted by atomic mass is 10.1. The Hall–Kier alpha value is -1.43. The highest BCUT2D eigenvalue weighted by molar-refractivity contribution is 6.74. The Balaban J connectivity index is 2.06. The largest absolute Gasteiger partial charge is 0.408 e. The normalized spacial score (nSPS) is 23.7. The van der Waals surface area contributed by atoms with Gasteiger partial charge in [0.05, 0.1) is 24.9 Å². The summed E-state index contributed by atoms with van der Waals surface area (Å²) in [7, 11) is -1.94. The average molecular weight is 362 g/mol. The number of benzene rings is 1. The first kappa shape index (κ1) is 19.9. The Morgan fingerprint density at radius 2 is 1.72 bits per heavy atom. The summed E-state index contributed by atoms with van der Waals surface area (Å²) < 4.78 is 12.6. The topological polar surface area (TPSA) is 47.6 Å². The Kier molecular flexibility index (Phi) is 6.24. The maximum atomic E-state index is 11.7. The van der Waals surface area contributed by atoms with Gasteiger partial charge in [-0.1, -0.05) is 63.3 Å². The lowest BCUT2D eigenvalue weighted by Gasteiger charge is -2.40. The van der Waals surface area contributed by atoms with Crippen LogP contribution in [0.5, 0.6) is 0 Å². The van der Waals surface area contributed by atoms with Gasteiger partial charge in [0.1, 0.15) is 0 Å². The number of carbonyl (C=O) groups is 1. The minimum absolute atomic E-state index is 0.0640. The summed E-state index contributed by atoms with van der Waals surface area (Å²) >= 11 is 0. The molecule has 0 bridgehead atoms. The van der Waals surface area contributed by atoms with Crippen molar-refractivity contribution in [2.75, 3.05) is 0 Å². The number of ether oxygens (including phenoxy) is 1. The van der Waals surface area contributed by atoms with Crippen molar-refractivity contribution >= 4 is 14.2 Å². The van der Waals surface area contributed by atoms with Crippen molar-refractivity contribution in [1.29, 1.82) is 0 Å². The van der Waals surface area contributed by atoms with Gasteiger partial charge < -0.3 is 14.5 Å². The minimum atomic E-state index is -1.94. The maximum Gasteiger partial charge on any atom is 0.217 e. The molecule has 0 heterocycles. The molecule has 1 amide bonds. The fraction of sp³-hybridized carbons (Fsp3) is 0.550. The molecular formula is C20H31NO3Si. The zero-order chi connectivity index (χ0) is 18.7. The van der Waals surface area contributed by atoms with Gasteiger partial charge in [-0.25, -0.2) is 0 Å². The van der Waals surface area contributed by atoms with Gasteiger partial charge in [0.25, 0.3) is 0 Å². The fourth-order valence-corrected chi connectivity index (χ4v) is 3.86. The van der Waals surface area contributed by atoms with Crippen LogP contribution in [0.4, 0.5) is 0 Å². The van der Waals surface area contributed by atoms with Crippen molar-refractivity contribution in [2.24, 2.45) is 0 Å². The molecule has 0 saturated heterocycles. The summed E-state index contributed by atoms with van der Waals surface area (Å²) in [5.74, 6) is -0.0640. The number of hydrogen-bond acceptors (Lipinski definition) is 3. The molecule has 138 valence electrons. The summed E-state index contributed by atoms with van der Waals surface area (Å²) in [5, 5.41) is 3.14. The highest BCUT2D eigenvalue weighted by Gasteiger charge is 2.43. The van der Waals surface area contributed by atoms with Crippen molar-refractivity contribution in [1.82, 2.24) is 5.32 Å². The van der Waals surface area contributed by atoms with Crippen molar-refractivity contribution in [3.8, 4) is 0 Å².